The molecule has 0 saturated heterocycles. The first-order chi connectivity index (χ1) is 14.1. The van der Waals surface area contributed by atoms with Crippen LogP contribution in [-0.4, -0.2) is 34.5 Å². The Hall–Kier alpha value is -2.43. The molecule has 2 aromatic rings. The standard InChI is InChI=1S/C20H25N3O5S2/c1-3-13-29(25,26)23-19-6-4-5-18(14(19)2)21-20(24)15-7-11-17(12-8-15)30(27,28)22-16-9-10-16/h4-8,11-12,16,22-23H,3,9-10,13H2,1-2H3,(H,21,24). The summed E-state index contributed by atoms with van der Waals surface area (Å²) in [5, 5.41) is 2.75. The molecule has 0 radical (unpaired) electrons. The topological polar surface area (TPSA) is 121 Å². The zero-order valence-electron chi connectivity index (χ0n) is 16.8. The Kier molecular flexibility index (Phi) is 6.49. The molecule has 30 heavy (non-hydrogen) atoms. The summed E-state index contributed by atoms with van der Waals surface area (Å²) >= 11 is 0. The van der Waals surface area contributed by atoms with Crippen LogP contribution in [0, 0.1) is 6.92 Å². The summed E-state index contributed by atoms with van der Waals surface area (Å²) in [4.78, 5) is 12.7. The van der Waals surface area contributed by atoms with Gasteiger partial charge in [-0.05, 0) is 68.1 Å². The summed E-state index contributed by atoms with van der Waals surface area (Å²) < 4.78 is 53.7. The van der Waals surface area contributed by atoms with Gasteiger partial charge < -0.3 is 5.32 Å². The minimum Gasteiger partial charge on any atom is -0.322 e. The van der Waals surface area contributed by atoms with Gasteiger partial charge in [-0.3, -0.25) is 9.52 Å². The van der Waals surface area contributed by atoms with E-state index >= 15 is 0 Å². The average Bonchev–Trinajstić information content (AvgIpc) is 3.48. The normalized spacial score (nSPS) is 14.3. The average molecular weight is 452 g/mol. The molecule has 1 saturated carbocycles. The van der Waals surface area contributed by atoms with Gasteiger partial charge in [0.15, 0.2) is 0 Å². The molecule has 2 aromatic carbocycles. The molecule has 10 heteroatoms. The third-order valence-corrected chi connectivity index (χ3v) is 7.66. The molecule has 0 spiro atoms. The van der Waals surface area contributed by atoms with Gasteiger partial charge in [0.25, 0.3) is 5.91 Å². The lowest BCUT2D eigenvalue weighted by Gasteiger charge is -2.14. The lowest BCUT2D eigenvalue weighted by atomic mass is 10.1. The smallest absolute Gasteiger partial charge is 0.255 e. The fourth-order valence-electron chi connectivity index (χ4n) is 2.84. The Balaban J connectivity index is 1.73. The van der Waals surface area contributed by atoms with Crippen molar-refractivity contribution in [1.29, 1.82) is 0 Å². The minimum atomic E-state index is -3.58. The number of hydrogen-bond donors (Lipinski definition) is 3. The predicted octanol–water partition coefficient (Wildman–Crippen LogP) is 2.84. The monoisotopic (exact) mass is 451 g/mol. The Morgan fingerprint density at radius 3 is 2.23 bits per heavy atom. The molecule has 0 heterocycles. The second-order valence-electron chi connectivity index (χ2n) is 7.27. The summed E-state index contributed by atoms with van der Waals surface area (Å²) in [5.41, 5.74) is 1.73. The Labute approximate surface area is 177 Å². The third-order valence-electron chi connectivity index (χ3n) is 4.65. The van der Waals surface area contributed by atoms with Crippen LogP contribution in [-0.2, 0) is 20.0 Å². The van der Waals surface area contributed by atoms with E-state index < -0.39 is 26.0 Å². The molecule has 8 nitrogen and oxygen atoms in total. The molecule has 3 rings (SSSR count). The fraction of sp³-hybridized carbons (Fsp3) is 0.350. The maximum absolute atomic E-state index is 12.6. The zero-order valence-corrected chi connectivity index (χ0v) is 18.4. The first-order valence-electron chi connectivity index (χ1n) is 9.65. The predicted molar refractivity (Wildman–Crippen MR) is 117 cm³/mol. The van der Waals surface area contributed by atoms with Gasteiger partial charge in [-0.25, -0.2) is 21.6 Å². The van der Waals surface area contributed by atoms with Gasteiger partial charge in [0.05, 0.1) is 16.3 Å². The first kappa shape index (κ1) is 22.3. The molecule has 0 atom stereocenters. The Morgan fingerprint density at radius 2 is 1.63 bits per heavy atom. The molecule has 162 valence electrons. The molecule has 0 unspecified atom stereocenters. The van der Waals surface area contributed by atoms with E-state index in [9.17, 15) is 21.6 Å². The zero-order chi connectivity index (χ0) is 21.9. The number of sulfonamides is 2. The van der Waals surface area contributed by atoms with Gasteiger partial charge in [0, 0.05) is 17.3 Å². The lowest BCUT2D eigenvalue weighted by Crippen LogP contribution is -2.25. The summed E-state index contributed by atoms with van der Waals surface area (Å²) in [6, 6.07) is 10.6. The van der Waals surface area contributed by atoms with Gasteiger partial charge in [0.1, 0.15) is 0 Å². The summed E-state index contributed by atoms with van der Waals surface area (Å²) in [6.45, 7) is 3.49. The van der Waals surface area contributed by atoms with Crippen LogP contribution in [0.3, 0.4) is 0 Å². The van der Waals surface area contributed by atoms with Crippen LogP contribution < -0.4 is 14.8 Å². The Morgan fingerprint density at radius 1 is 1.00 bits per heavy atom. The van der Waals surface area contributed by atoms with E-state index in [4.69, 9.17) is 0 Å². The largest absolute Gasteiger partial charge is 0.322 e. The van der Waals surface area contributed by atoms with Gasteiger partial charge in [-0.1, -0.05) is 13.0 Å². The summed E-state index contributed by atoms with van der Waals surface area (Å²) in [5.74, 6) is -0.417. The molecule has 0 aliphatic heterocycles. The second-order valence-corrected chi connectivity index (χ2v) is 10.8. The van der Waals surface area contributed by atoms with Gasteiger partial charge in [-0.15, -0.1) is 0 Å². The summed E-state index contributed by atoms with van der Waals surface area (Å²) in [7, 11) is -7.03. The molecule has 3 N–H and O–H groups in total. The Bertz CT molecular complexity index is 1140. The fourth-order valence-corrected chi connectivity index (χ4v) is 5.34. The van der Waals surface area contributed by atoms with Crippen LogP contribution in [0.5, 0.6) is 0 Å². The van der Waals surface area contributed by atoms with Crippen LogP contribution in [0.1, 0.15) is 42.1 Å². The highest BCUT2D eigenvalue weighted by molar-refractivity contribution is 7.92. The SMILES string of the molecule is CCCS(=O)(=O)Nc1cccc(NC(=O)c2ccc(S(=O)(=O)NC3CC3)cc2)c1C. The van der Waals surface area contributed by atoms with Gasteiger partial charge in [0.2, 0.25) is 20.0 Å². The van der Waals surface area contributed by atoms with E-state index in [0.29, 0.717) is 23.4 Å². The highest BCUT2D eigenvalue weighted by Gasteiger charge is 2.28. The number of carbonyl (C=O) groups excluding carboxylic acids is 1. The second kappa shape index (κ2) is 8.75. The quantitative estimate of drug-likeness (QED) is 0.541. The highest BCUT2D eigenvalue weighted by atomic mass is 32.2. The highest BCUT2D eigenvalue weighted by Crippen LogP contribution is 2.25. The van der Waals surface area contributed by atoms with Crippen molar-refractivity contribution in [2.45, 2.75) is 44.0 Å². The number of nitrogens with one attached hydrogen (secondary N) is 3. The molecule has 1 amide bonds. The van der Waals surface area contributed by atoms with Crippen LogP contribution in [0.15, 0.2) is 47.4 Å². The molecule has 0 bridgehead atoms. The maximum Gasteiger partial charge on any atom is 0.255 e. The number of benzene rings is 2. The van der Waals surface area contributed by atoms with Crippen LogP contribution >= 0.6 is 0 Å². The maximum atomic E-state index is 12.6. The van der Waals surface area contributed by atoms with Crippen LogP contribution in [0.25, 0.3) is 0 Å². The molecule has 1 fully saturated rings. The van der Waals surface area contributed by atoms with E-state index in [1.165, 1.54) is 24.3 Å². The number of rotatable bonds is 9. The van der Waals surface area contributed by atoms with Crippen molar-refractivity contribution >= 4 is 37.3 Å². The van der Waals surface area contributed by atoms with Crippen LogP contribution in [0.2, 0.25) is 0 Å². The van der Waals surface area contributed by atoms with Crippen molar-refractivity contribution in [3.05, 3.63) is 53.6 Å². The third kappa shape index (κ3) is 5.59. The van der Waals surface area contributed by atoms with Crippen molar-refractivity contribution in [3.63, 3.8) is 0 Å². The molecule has 1 aliphatic rings. The summed E-state index contributed by atoms with van der Waals surface area (Å²) in [6.07, 6.45) is 2.17. The molecule has 0 aromatic heterocycles. The first-order valence-corrected chi connectivity index (χ1v) is 12.8. The number of anilines is 2. The number of amides is 1. The van der Waals surface area contributed by atoms with Crippen molar-refractivity contribution in [1.82, 2.24) is 4.72 Å². The van der Waals surface area contributed by atoms with Crippen molar-refractivity contribution < 1.29 is 21.6 Å². The van der Waals surface area contributed by atoms with Crippen molar-refractivity contribution in [2.24, 2.45) is 0 Å². The molecular weight excluding hydrogens is 426 g/mol. The number of hydrogen-bond acceptors (Lipinski definition) is 5. The van der Waals surface area contributed by atoms with E-state index in [-0.39, 0.29) is 22.3 Å². The van der Waals surface area contributed by atoms with Crippen molar-refractivity contribution in [3.8, 4) is 0 Å². The van der Waals surface area contributed by atoms with Gasteiger partial charge >= 0.3 is 0 Å². The van der Waals surface area contributed by atoms with Crippen LogP contribution in [0.4, 0.5) is 11.4 Å². The van der Waals surface area contributed by atoms with E-state index in [1.807, 2.05) is 0 Å². The molecule has 1 aliphatic carbocycles. The minimum absolute atomic E-state index is 0.00276. The lowest BCUT2D eigenvalue weighted by molar-refractivity contribution is 0.102. The van der Waals surface area contributed by atoms with Gasteiger partial charge in [-0.2, -0.15) is 0 Å². The number of carbonyl (C=O) groups is 1. The van der Waals surface area contributed by atoms with E-state index in [2.05, 4.69) is 14.8 Å². The van der Waals surface area contributed by atoms with Crippen molar-refractivity contribution in [2.75, 3.05) is 15.8 Å². The van der Waals surface area contributed by atoms with E-state index in [0.717, 1.165) is 12.8 Å². The van der Waals surface area contributed by atoms with E-state index in [1.54, 1.807) is 32.0 Å². The molecular formula is C20H25N3O5S2.